The van der Waals surface area contributed by atoms with E-state index in [1.807, 2.05) is 6.07 Å². The molecule has 1 fully saturated rings. The standard InChI is InChI=1S/C15H23N5S/c1-16-12-17-15(20-10-8-19(2)9-11-20)18-13-21-14-6-4-3-5-7-14/h3-7,12H,8-11,13H2,1-2H3,(H,16,17,18). The number of aliphatic imine (C=N–C) groups is 2. The zero-order valence-corrected chi connectivity index (χ0v) is 13.5. The summed E-state index contributed by atoms with van der Waals surface area (Å²) in [6.07, 6.45) is 1.70. The van der Waals surface area contributed by atoms with Crippen molar-refractivity contribution in [2.24, 2.45) is 9.98 Å². The Balaban J connectivity index is 1.93. The van der Waals surface area contributed by atoms with Crippen LogP contribution < -0.4 is 5.32 Å². The average molecular weight is 305 g/mol. The van der Waals surface area contributed by atoms with Gasteiger partial charge in [-0.2, -0.15) is 0 Å². The van der Waals surface area contributed by atoms with Gasteiger partial charge in [0, 0.05) is 38.1 Å². The van der Waals surface area contributed by atoms with Crippen LogP contribution in [0.15, 0.2) is 45.2 Å². The quantitative estimate of drug-likeness (QED) is 0.521. The van der Waals surface area contributed by atoms with Crippen molar-refractivity contribution in [3.63, 3.8) is 0 Å². The molecular formula is C15H23N5S. The number of guanidine groups is 1. The molecule has 0 aromatic heterocycles. The molecule has 114 valence electrons. The Bertz CT molecular complexity index is 466. The summed E-state index contributed by atoms with van der Waals surface area (Å²) < 4.78 is 0. The zero-order valence-electron chi connectivity index (χ0n) is 12.7. The van der Waals surface area contributed by atoms with E-state index in [1.165, 1.54) is 4.90 Å². The smallest absolute Gasteiger partial charge is 0.200 e. The molecule has 0 bridgehead atoms. The van der Waals surface area contributed by atoms with Crippen LogP contribution >= 0.6 is 11.8 Å². The molecule has 2 rings (SSSR count). The van der Waals surface area contributed by atoms with E-state index < -0.39 is 0 Å². The van der Waals surface area contributed by atoms with E-state index in [2.05, 4.69) is 56.4 Å². The molecule has 1 heterocycles. The summed E-state index contributed by atoms with van der Waals surface area (Å²) >= 11 is 1.74. The molecule has 6 heteroatoms. The first-order valence-corrected chi connectivity index (χ1v) is 8.11. The highest BCUT2D eigenvalue weighted by Gasteiger charge is 2.16. The molecule has 0 unspecified atom stereocenters. The van der Waals surface area contributed by atoms with Gasteiger partial charge < -0.3 is 15.1 Å². The predicted molar refractivity (Wildman–Crippen MR) is 91.2 cm³/mol. The van der Waals surface area contributed by atoms with E-state index in [0.717, 1.165) is 32.1 Å². The molecule has 0 aliphatic carbocycles. The number of likely N-dealkylation sites (N-methyl/N-ethyl adjacent to an activating group) is 1. The van der Waals surface area contributed by atoms with Crippen LogP contribution in [0.1, 0.15) is 0 Å². The lowest BCUT2D eigenvalue weighted by Crippen LogP contribution is -2.51. The number of piperazine rings is 1. The van der Waals surface area contributed by atoms with Crippen LogP contribution in [0.4, 0.5) is 0 Å². The van der Waals surface area contributed by atoms with Gasteiger partial charge in [-0.05, 0) is 19.2 Å². The van der Waals surface area contributed by atoms with E-state index in [4.69, 9.17) is 0 Å². The molecule has 0 spiro atoms. The summed E-state index contributed by atoms with van der Waals surface area (Å²) in [6, 6.07) is 10.3. The highest BCUT2D eigenvalue weighted by molar-refractivity contribution is 7.99. The number of thioether (sulfide) groups is 1. The molecule has 1 aromatic rings. The fraction of sp³-hybridized carbons (Fsp3) is 0.467. The molecule has 21 heavy (non-hydrogen) atoms. The van der Waals surface area contributed by atoms with E-state index in [0.29, 0.717) is 5.88 Å². The second-order valence-corrected chi connectivity index (χ2v) is 5.91. The molecule has 1 N–H and O–H groups in total. The van der Waals surface area contributed by atoms with Crippen LogP contribution in [0.2, 0.25) is 0 Å². The number of nitrogens with zero attached hydrogens (tertiary/aromatic N) is 4. The van der Waals surface area contributed by atoms with E-state index >= 15 is 0 Å². The third-order valence-corrected chi connectivity index (χ3v) is 4.18. The van der Waals surface area contributed by atoms with E-state index in [9.17, 15) is 0 Å². The van der Waals surface area contributed by atoms with Crippen LogP contribution in [0.3, 0.4) is 0 Å². The fourth-order valence-corrected chi connectivity index (χ4v) is 2.75. The summed E-state index contributed by atoms with van der Waals surface area (Å²) in [7, 11) is 3.91. The van der Waals surface area contributed by atoms with E-state index in [1.54, 1.807) is 25.1 Å². The number of rotatable bonds is 4. The molecule has 1 aliphatic rings. The van der Waals surface area contributed by atoms with Gasteiger partial charge in [0.15, 0.2) is 5.96 Å². The lowest BCUT2D eigenvalue weighted by molar-refractivity contribution is 0.213. The van der Waals surface area contributed by atoms with Crippen LogP contribution in [-0.2, 0) is 0 Å². The molecule has 1 saturated heterocycles. The van der Waals surface area contributed by atoms with Gasteiger partial charge in [0.05, 0.1) is 12.2 Å². The molecule has 1 aliphatic heterocycles. The Kier molecular flexibility index (Phi) is 6.56. The Labute approximate surface area is 131 Å². The van der Waals surface area contributed by atoms with Gasteiger partial charge in [-0.25, -0.2) is 4.99 Å². The molecule has 0 radical (unpaired) electrons. The molecule has 1 aromatic carbocycles. The topological polar surface area (TPSA) is 43.2 Å². The van der Waals surface area contributed by atoms with Crippen molar-refractivity contribution in [3.8, 4) is 0 Å². The summed E-state index contributed by atoms with van der Waals surface area (Å²) in [5.74, 6) is 1.62. The Hall–Kier alpha value is -1.53. The van der Waals surface area contributed by atoms with Crippen molar-refractivity contribution in [2.75, 3.05) is 46.2 Å². The second kappa shape index (κ2) is 8.69. The van der Waals surface area contributed by atoms with Crippen molar-refractivity contribution in [1.82, 2.24) is 15.1 Å². The van der Waals surface area contributed by atoms with Crippen molar-refractivity contribution in [3.05, 3.63) is 30.3 Å². The maximum Gasteiger partial charge on any atom is 0.200 e. The van der Waals surface area contributed by atoms with Crippen molar-refractivity contribution in [1.29, 1.82) is 0 Å². The summed E-state index contributed by atoms with van der Waals surface area (Å²) in [5, 5.41) is 3.19. The van der Waals surface area contributed by atoms with Crippen LogP contribution in [0.5, 0.6) is 0 Å². The van der Waals surface area contributed by atoms with Crippen LogP contribution in [0, 0.1) is 0 Å². The Morgan fingerprint density at radius 2 is 1.95 bits per heavy atom. The third-order valence-electron chi connectivity index (χ3n) is 3.31. The first-order chi connectivity index (χ1) is 10.3. The van der Waals surface area contributed by atoms with Crippen molar-refractivity contribution in [2.45, 2.75) is 4.90 Å². The minimum Gasteiger partial charge on any atom is -0.340 e. The Morgan fingerprint density at radius 3 is 2.62 bits per heavy atom. The van der Waals surface area contributed by atoms with Gasteiger partial charge in [-0.1, -0.05) is 18.2 Å². The predicted octanol–water partition coefficient (Wildman–Crippen LogP) is 1.59. The number of benzene rings is 1. The molecule has 0 atom stereocenters. The van der Waals surface area contributed by atoms with Gasteiger partial charge in [0.1, 0.15) is 0 Å². The maximum atomic E-state index is 4.69. The van der Waals surface area contributed by atoms with Crippen molar-refractivity contribution < 1.29 is 0 Å². The number of nitrogens with one attached hydrogen (secondary N) is 1. The molecular weight excluding hydrogens is 282 g/mol. The monoisotopic (exact) mass is 305 g/mol. The average Bonchev–Trinajstić information content (AvgIpc) is 2.53. The summed E-state index contributed by atoms with van der Waals surface area (Å²) in [5.41, 5.74) is 0. The largest absolute Gasteiger partial charge is 0.340 e. The molecule has 0 amide bonds. The van der Waals surface area contributed by atoms with Crippen LogP contribution in [0.25, 0.3) is 0 Å². The van der Waals surface area contributed by atoms with Gasteiger partial charge in [-0.3, -0.25) is 4.99 Å². The third kappa shape index (κ3) is 5.40. The number of hydrogen-bond acceptors (Lipinski definition) is 4. The summed E-state index contributed by atoms with van der Waals surface area (Å²) in [4.78, 5) is 14.5. The zero-order chi connectivity index (χ0) is 14.9. The van der Waals surface area contributed by atoms with Gasteiger partial charge >= 0.3 is 0 Å². The van der Waals surface area contributed by atoms with E-state index in [-0.39, 0.29) is 0 Å². The second-order valence-electron chi connectivity index (χ2n) is 4.89. The van der Waals surface area contributed by atoms with Crippen molar-refractivity contribution >= 4 is 24.1 Å². The van der Waals surface area contributed by atoms with Gasteiger partial charge in [0.2, 0.25) is 0 Å². The first-order valence-electron chi connectivity index (χ1n) is 7.12. The maximum absolute atomic E-state index is 4.69. The molecule has 0 saturated carbocycles. The normalized spacial score (nSPS) is 17.4. The minimum absolute atomic E-state index is 0.705. The molecule has 5 nitrogen and oxygen atoms in total. The summed E-state index contributed by atoms with van der Waals surface area (Å²) in [6.45, 7) is 4.12. The lowest BCUT2D eigenvalue weighted by atomic mass is 10.3. The Morgan fingerprint density at radius 1 is 1.24 bits per heavy atom. The fourth-order valence-electron chi connectivity index (χ4n) is 2.06. The highest BCUT2D eigenvalue weighted by Crippen LogP contribution is 2.16. The SMILES string of the molecule is CN=CN/C(=N\CSc1ccccc1)N1CCN(C)CC1. The number of hydrogen-bond donors (Lipinski definition) is 1. The van der Waals surface area contributed by atoms with Gasteiger partial charge in [0.25, 0.3) is 0 Å². The highest BCUT2D eigenvalue weighted by atomic mass is 32.2. The van der Waals surface area contributed by atoms with Gasteiger partial charge in [-0.15, -0.1) is 11.8 Å². The first kappa shape index (κ1) is 15.9. The lowest BCUT2D eigenvalue weighted by Gasteiger charge is -2.34. The minimum atomic E-state index is 0.705. The van der Waals surface area contributed by atoms with Crippen LogP contribution in [-0.4, -0.2) is 68.2 Å².